The molecule has 0 saturated heterocycles. The van der Waals surface area contributed by atoms with E-state index < -0.39 is 12.1 Å². The molecule has 0 radical (unpaired) electrons. The molecule has 0 aliphatic carbocycles. The summed E-state index contributed by atoms with van der Waals surface area (Å²) in [6.45, 7) is 4.35. The number of nitrogens with one attached hydrogen (secondary N) is 1. The molecule has 0 bridgehead atoms. The molecule has 0 fully saturated rings. The molecule has 21 heavy (non-hydrogen) atoms. The van der Waals surface area contributed by atoms with E-state index in [0.717, 1.165) is 18.4 Å². The zero-order valence-electron chi connectivity index (χ0n) is 12.2. The van der Waals surface area contributed by atoms with Gasteiger partial charge in [0.15, 0.2) is 6.10 Å². The summed E-state index contributed by atoms with van der Waals surface area (Å²) in [4.78, 5) is 22.7. The predicted molar refractivity (Wildman–Crippen MR) is 79.6 cm³/mol. The van der Waals surface area contributed by atoms with Crippen LogP contribution >= 0.6 is 0 Å². The zero-order valence-corrected chi connectivity index (χ0v) is 12.2. The molecule has 0 heterocycles. The molecule has 1 N–H and O–H groups in total. The van der Waals surface area contributed by atoms with E-state index in [4.69, 9.17) is 9.47 Å². The molecule has 1 amide bonds. The molecule has 0 saturated carbocycles. The lowest BCUT2D eigenvalue weighted by Gasteiger charge is -2.16. The van der Waals surface area contributed by atoms with Gasteiger partial charge in [-0.15, -0.1) is 0 Å². The van der Waals surface area contributed by atoms with Crippen LogP contribution in [0.5, 0.6) is 0 Å². The van der Waals surface area contributed by atoms with E-state index in [1.807, 2.05) is 30.3 Å². The van der Waals surface area contributed by atoms with Crippen molar-refractivity contribution in [3.63, 3.8) is 0 Å². The average Bonchev–Trinajstić information content (AvgIpc) is 2.54. The molecule has 0 spiro atoms. The summed E-state index contributed by atoms with van der Waals surface area (Å²) in [5, 5.41) is 2.68. The van der Waals surface area contributed by atoms with Crippen molar-refractivity contribution < 1.29 is 19.1 Å². The van der Waals surface area contributed by atoms with Gasteiger partial charge in [-0.05, 0) is 24.5 Å². The largest absolute Gasteiger partial charge is 0.467 e. The molecule has 1 atom stereocenters. The van der Waals surface area contributed by atoms with Crippen LogP contribution in [0.4, 0.5) is 0 Å². The lowest BCUT2D eigenvalue weighted by molar-refractivity contribution is -0.154. The van der Waals surface area contributed by atoms with Gasteiger partial charge in [0.1, 0.15) is 0 Å². The van der Waals surface area contributed by atoms with E-state index in [9.17, 15) is 9.59 Å². The van der Waals surface area contributed by atoms with Crippen LogP contribution in [0.3, 0.4) is 0 Å². The summed E-state index contributed by atoms with van der Waals surface area (Å²) < 4.78 is 10.4. The van der Waals surface area contributed by atoms with Crippen LogP contribution in [0.2, 0.25) is 0 Å². The summed E-state index contributed by atoms with van der Waals surface area (Å²) in [5.41, 5.74) is 0.768. The number of rotatable bonds is 9. The van der Waals surface area contributed by atoms with Crippen molar-refractivity contribution in [1.29, 1.82) is 0 Å². The lowest BCUT2D eigenvalue weighted by atomic mass is 10.1. The van der Waals surface area contributed by atoms with Gasteiger partial charge in [0, 0.05) is 13.2 Å². The fourth-order valence-corrected chi connectivity index (χ4v) is 1.75. The van der Waals surface area contributed by atoms with Gasteiger partial charge in [-0.3, -0.25) is 4.79 Å². The Balaban J connectivity index is 2.36. The fourth-order valence-electron chi connectivity index (χ4n) is 1.75. The average molecular weight is 291 g/mol. The first-order chi connectivity index (χ1) is 10.2. The third kappa shape index (κ3) is 6.23. The van der Waals surface area contributed by atoms with E-state index >= 15 is 0 Å². The van der Waals surface area contributed by atoms with E-state index in [1.165, 1.54) is 13.2 Å². The Labute approximate surface area is 124 Å². The van der Waals surface area contributed by atoms with Crippen LogP contribution in [-0.2, 0) is 19.1 Å². The van der Waals surface area contributed by atoms with Crippen LogP contribution in [-0.4, -0.2) is 32.1 Å². The second-order valence-electron chi connectivity index (χ2n) is 4.39. The minimum atomic E-state index is -0.709. The first kappa shape index (κ1) is 16.9. The van der Waals surface area contributed by atoms with Gasteiger partial charge < -0.3 is 14.8 Å². The maximum Gasteiger partial charge on any atom is 0.339 e. The number of carbonyl (C=O) groups excluding carboxylic acids is 2. The molecule has 0 aliphatic heterocycles. The Bertz CT molecular complexity index is 459. The number of esters is 1. The maximum absolute atomic E-state index is 11.7. The van der Waals surface area contributed by atoms with E-state index in [1.54, 1.807) is 0 Å². The number of carbonyl (C=O) groups is 2. The van der Waals surface area contributed by atoms with E-state index in [-0.39, 0.29) is 5.91 Å². The van der Waals surface area contributed by atoms with Crippen molar-refractivity contribution in [1.82, 2.24) is 5.32 Å². The van der Waals surface area contributed by atoms with Gasteiger partial charge in [-0.1, -0.05) is 36.9 Å². The van der Waals surface area contributed by atoms with Crippen LogP contribution < -0.4 is 5.32 Å². The van der Waals surface area contributed by atoms with E-state index in [2.05, 4.69) is 11.9 Å². The first-order valence-electron chi connectivity index (χ1n) is 6.83. The summed E-state index contributed by atoms with van der Waals surface area (Å²) in [6.07, 6.45) is 2.03. The highest BCUT2D eigenvalue weighted by Gasteiger charge is 2.21. The van der Waals surface area contributed by atoms with Crippen LogP contribution in [0.15, 0.2) is 43.0 Å². The molecule has 1 aromatic rings. The van der Waals surface area contributed by atoms with Gasteiger partial charge in [-0.2, -0.15) is 0 Å². The SMILES string of the molecule is C=CC(=O)NCCCCOC(C(=O)OC)c1ccccc1. The molecule has 5 heteroatoms. The summed E-state index contributed by atoms with van der Waals surface area (Å²) in [5.74, 6) is -0.603. The Morgan fingerprint density at radius 1 is 1.29 bits per heavy atom. The third-order valence-electron chi connectivity index (χ3n) is 2.86. The molecule has 114 valence electrons. The highest BCUT2D eigenvalue weighted by Crippen LogP contribution is 2.19. The van der Waals surface area contributed by atoms with Gasteiger partial charge in [0.2, 0.25) is 5.91 Å². The topological polar surface area (TPSA) is 64.6 Å². The third-order valence-corrected chi connectivity index (χ3v) is 2.86. The number of methoxy groups -OCH3 is 1. The predicted octanol–water partition coefficient (Wildman–Crippen LogP) is 2.00. The van der Waals surface area contributed by atoms with Crippen molar-refractivity contribution in [3.8, 4) is 0 Å². The van der Waals surface area contributed by atoms with Crippen molar-refractivity contribution in [3.05, 3.63) is 48.6 Å². The van der Waals surface area contributed by atoms with Crippen molar-refractivity contribution in [2.75, 3.05) is 20.3 Å². The number of hydrogen-bond donors (Lipinski definition) is 1. The molecule has 0 aliphatic rings. The number of benzene rings is 1. The van der Waals surface area contributed by atoms with E-state index in [0.29, 0.717) is 13.2 Å². The standard InChI is InChI=1S/C16H21NO4/c1-3-14(18)17-11-7-8-12-21-15(16(19)20-2)13-9-5-4-6-10-13/h3-6,9-10,15H,1,7-8,11-12H2,2H3,(H,17,18). The Morgan fingerprint density at radius 3 is 2.62 bits per heavy atom. The van der Waals surface area contributed by atoms with Crippen LogP contribution in [0.1, 0.15) is 24.5 Å². The Hall–Kier alpha value is -2.14. The highest BCUT2D eigenvalue weighted by atomic mass is 16.6. The minimum absolute atomic E-state index is 0.187. The van der Waals surface area contributed by atoms with Crippen molar-refractivity contribution in [2.24, 2.45) is 0 Å². The van der Waals surface area contributed by atoms with Gasteiger partial charge in [0.05, 0.1) is 7.11 Å². The molecule has 1 unspecified atom stereocenters. The second kappa shape index (κ2) is 9.72. The normalized spacial score (nSPS) is 11.5. The zero-order chi connectivity index (χ0) is 15.5. The smallest absolute Gasteiger partial charge is 0.339 e. The Morgan fingerprint density at radius 2 is 2.00 bits per heavy atom. The van der Waals surface area contributed by atoms with Crippen LogP contribution in [0, 0.1) is 0 Å². The molecule has 1 aromatic carbocycles. The number of unbranched alkanes of at least 4 members (excludes halogenated alkanes) is 1. The summed E-state index contributed by atoms with van der Waals surface area (Å²) in [6, 6.07) is 9.22. The van der Waals surface area contributed by atoms with Crippen LogP contribution in [0.25, 0.3) is 0 Å². The minimum Gasteiger partial charge on any atom is -0.467 e. The maximum atomic E-state index is 11.7. The van der Waals surface area contributed by atoms with Crippen molar-refractivity contribution >= 4 is 11.9 Å². The van der Waals surface area contributed by atoms with Crippen molar-refractivity contribution in [2.45, 2.75) is 18.9 Å². The molecule has 1 rings (SSSR count). The molecule has 5 nitrogen and oxygen atoms in total. The first-order valence-corrected chi connectivity index (χ1v) is 6.83. The molecular formula is C16H21NO4. The number of ether oxygens (including phenoxy) is 2. The molecule has 0 aromatic heterocycles. The number of hydrogen-bond acceptors (Lipinski definition) is 4. The Kier molecular flexibility index (Phi) is 7.82. The molecular weight excluding hydrogens is 270 g/mol. The monoisotopic (exact) mass is 291 g/mol. The second-order valence-corrected chi connectivity index (χ2v) is 4.39. The van der Waals surface area contributed by atoms with Gasteiger partial charge in [-0.25, -0.2) is 4.79 Å². The fraction of sp³-hybridized carbons (Fsp3) is 0.375. The lowest BCUT2D eigenvalue weighted by Crippen LogP contribution is -2.22. The summed E-state index contributed by atoms with van der Waals surface area (Å²) >= 11 is 0. The quantitative estimate of drug-likeness (QED) is 0.429. The summed E-state index contributed by atoms with van der Waals surface area (Å²) in [7, 11) is 1.34. The van der Waals surface area contributed by atoms with Gasteiger partial charge in [0.25, 0.3) is 0 Å². The number of amides is 1. The highest BCUT2D eigenvalue weighted by molar-refractivity contribution is 5.86. The van der Waals surface area contributed by atoms with Gasteiger partial charge >= 0.3 is 5.97 Å².